The third-order valence-electron chi connectivity index (χ3n) is 3.81. The van der Waals surface area contributed by atoms with E-state index in [1.807, 2.05) is 6.07 Å². The normalized spacial score (nSPS) is 16.9. The number of rotatable bonds is 8. The van der Waals surface area contributed by atoms with Crippen molar-refractivity contribution in [1.29, 1.82) is 0 Å². The van der Waals surface area contributed by atoms with Crippen LogP contribution >= 0.6 is 24.0 Å². The maximum absolute atomic E-state index is 12.5. The Bertz CT molecular complexity index is 747. The highest BCUT2D eigenvalue weighted by Crippen LogP contribution is 2.35. The lowest BCUT2D eigenvalue weighted by Gasteiger charge is -2.18. The molecular weight excluding hydrogens is 374 g/mol. The number of carbonyl (C=O) groups is 2. The van der Waals surface area contributed by atoms with Crippen LogP contribution in [0.1, 0.15) is 32.3 Å². The van der Waals surface area contributed by atoms with Crippen molar-refractivity contribution in [3.8, 4) is 11.5 Å². The number of carboxylic acids is 1. The van der Waals surface area contributed by atoms with E-state index in [0.717, 1.165) is 35.1 Å². The highest BCUT2D eigenvalue weighted by atomic mass is 32.2. The summed E-state index contributed by atoms with van der Waals surface area (Å²) in [5.74, 6) is -0.288. The molecule has 8 heteroatoms. The number of amides is 1. The fraction of sp³-hybridized carbons (Fsp3) is 0.389. The molecule has 0 radical (unpaired) electrons. The zero-order valence-corrected chi connectivity index (χ0v) is 16.5. The van der Waals surface area contributed by atoms with Gasteiger partial charge in [0.05, 0.1) is 18.6 Å². The lowest BCUT2D eigenvalue weighted by Crippen LogP contribution is -2.41. The van der Waals surface area contributed by atoms with E-state index < -0.39 is 17.9 Å². The first-order chi connectivity index (χ1) is 12.4. The summed E-state index contributed by atoms with van der Waals surface area (Å²) in [6.07, 6.45) is 3.67. The molecule has 26 heavy (non-hydrogen) atoms. The molecule has 1 aliphatic heterocycles. The molecule has 0 aromatic heterocycles. The molecule has 6 nitrogen and oxygen atoms in total. The van der Waals surface area contributed by atoms with Crippen molar-refractivity contribution in [3.05, 3.63) is 28.7 Å². The summed E-state index contributed by atoms with van der Waals surface area (Å²) < 4.78 is 11.3. The molecule has 1 heterocycles. The monoisotopic (exact) mass is 395 g/mol. The Labute approximate surface area is 162 Å². The Kier molecular flexibility index (Phi) is 7.05. The quantitative estimate of drug-likeness (QED) is 0.410. The number of thioether (sulfide) groups is 1. The van der Waals surface area contributed by atoms with Gasteiger partial charge >= 0.3 is 5.97 Å². The summed E-state index contributed by atoms with van der Waals surface area (Å²) in [5, 5.41) is 9.13. The molecule has 1 atom stereocenters. The number of aliphatic carboxylic acids is 1. The minimum absolute atomic E-state index is 0.239. The zero-order chi connectivity index (χ0) is 19.3. The van der Waals surface area contributed by atoms with Crippen LogP contribution in [0.4, 0.5) is 0 Å². The van der Waals surface area contributed by atoms with Gasteiger partial charge in [-0.25, -0.2) is 4.79 Å². The Morgan fingerprint density at radius 3 is 2.77 bits per heavy atom. The molecule has 1 unspecified atom stereocenters. The number of hydrogen-bond donors (Lipinski definition) is 1. The summed E-state index contributed by atoms with van der Waals surface area (Å²) in [6, 6.07) is 4.38. The van der Waals surface area contributed by atoms with Crippen molar-refractivity contribution < 1.29 is 24.2 Å². The minimum atomic E-state index is -1.10. The molecule has 0 spiro atoms. The third-order valence-corrected chi connectivity index (χ3v) is 5.14. The van der Waals surface area contributed by atoms with Crippen LogP contribution in [0.25, 0.3) is 6.08 Å². The molecule has 1 saturated heterocycles. The summed E-state index contributed by atoms with van der Waals surface area (Å²) in [5.41, 5.74) is 0.744. The van der Waals surface area contributed by atoms with E-state index in [1.54, 1.807) is 25.3 Å². The van der Waals surface area contributed by atoms with Crippen molar-refractivity contribution >= 4 is 46.3 Å². The van der Waals surface area contributed by atoms with Gasteiger partial charge in [-0.3, -0.25) is 9.69 Å². The van der Waals surface area contributed by atoms with Gasteiger partial charge in [0.25, 0.3) is 5.91 Å². The van der Waals surface area contributed by atoms with Gasteiger partial charge in [-0.05, 0) is 37.1 Å². The number of carbonyl (C=O) groups excluding carboxylic acids is 1. The molecular formula is C18H21NO5S2. The predicted molar refractivity (Wildman–Crippen MR) is 106 cm³/mol. The molecule has 1 aliphatic rings. The molecule has 1 amide bonds. The number of hydrogen-bond acceptors (Lipinski definition) is 6. The summed E-state index contributed by atoms with van der Waals surface area (Å²) in [6.45, 7) is 4.13. The molecule has 0 bridgehead atoms. The van der Waals surface area contributed by atoms with Crippen LogP contribution in [-0.2, 0) is 9.59 Å². The van der Waals surface area contributed by atoms with E-state index in [2.05, 4.69) is 6.92 Å². The standard InChI is InChI=1S/C18H21NO5S2/c1-4-5-8-24-13-7-6-12(9-14(13)23-3)10-15-16(20)19(18(25)26-15)11(2)17(21)22/h6-7,9-11H,4-5,8H2,1-3H3,(H,21,22). The lowest BCUT2D eigenvalue weighted by atomic mass is 10.1. The molecule has 1 aromatic carbocycles. The second kappa shape index (κ2) is 9.05. The average molecular weight is 396 g/mol. The van der Waals surface area contributed by atoms with Crippen LogP contribution < -0.4 is 9.47 Å². The van der Waals surface area contributed by atoms with Gasteiger partial charge in [0, 0.05) is 0 Å². The largest absolute Gasteiger partial charge is 0.493 e. The van der Waals surface area contributed by atoms with Gasteiger partial charge in [0.1, 0.15) is 10.4 Å². The van der Waals surface area contributed by atoms with Crippen molar-refractivity contribution in [2.24, 2.45) is 0 Å². The van der Waals surface area contributed by atoms with Crippen molar-refractivity contribution in [2.75, 3.05) is 13.7 Å². The van der Waals surface area contributed by atoms with Crippen molar-refractivity contribution in [3.63, 3.8) is 0 Å². The van der Waals surface area contributed by atoms with Crippen LogP contribution in [0.15, 0.2) is 23.1 Å². The SMILES string of the molecule is CCCCOc1ccc(C=C2SC(=S)N(C(C)C(=O)O)C2=O)cc1OC. The Morgan fingerprint density at radius 2 is 2.15 bits per heavy atom. The first kappa shape index (κ1) is 20.3. The highest BCUT2D eigenvalue weighted by Gasteiger charge is 2.38. The molecule has 1 N–H and O–H groups in total. The van der Waals surface area contributed by atoms with Gasteiger partial charge in [0.15, 0.2) is 11.5 Å². The topological polar surface area (TPSA) is 76.1 Å². The molecule has 0 saturated carbocycles. The average Bonchev–Trinajstić information content (AvgIpc) is 2.88. The van der Waals surface area contributed by atoms with E-state index >= 15 is 0 Å². The lowest BCUT2D eigenvalue weighted by molar-refractivity contribution is -0.144. The second-order valence-corrected chi connectivity index (χ2v) is 7.35. The Balaban J connectivity index is 2.22. The second-order valence-electron chi connectivity index (χ2n) is 5.68. The van der Waals surface area contributed by atoms with Crippen LogP contribution in [-0.4, -0.2) is 46.0 Å². The van der Waals surface area contributed by atoms with E-state index in [9.17, 15) is 9.59 Å². The van der Waals surface area contributed by atoms with Crippen molar-refractivity contribution in [2.45, 2.75) is 32.7 Å². The van der Waals surface area contributed by atoms with E-state index in [1.165, 1.54) is 6.92 Å². The first-order valence-electron chi connectivity index (χ1n) is 8.19. The fourth-order valence-corrected chi connectivity index (χ4v) is 3.71. The van der Waals surface area contributed by atoms with E-state index in [4.69, 9.17) is 26.8 Å². The summed E-state index contributed by atoms with van der Waals surface area (Å²) >= 11 is 6.24. The fourth-order valence-electron chi connectivity index (χ4n) is 2.30. The summed E-state index contributed by atoms with van der Waals surface area (Å²) in [7, 11) is 1.56. The molecule has 1 aromatic rings. The van der Waals surface area contributed by atoms with Crippen LogP contribution in [0.5, 0.6) is 11.5 Å². The highest BCUT2D eigenvalue weighted by molar-refractivity contribution is 8.26. The van der Waals surface area contributed by atoms with Crippen LogP contribution in [0.3, 0.4) is 0 Å². The third kappa shape index (κ3) is 4.56. The van der Waals surface area contributed by atoms with Gasteiger partial charge < -0.3 is 14.6 Å². The van der Waals surface area contributed by atoms with Crippen molar-refractivity contribution in [1.82, 2.24) is 4.90 Å². The van der Waals surface area contributed by atoms with Crippen LogP contribution in [0, 0.1) is 0 Å². The van der Waals surface area contributed by atoms with Gasteiger partial charge in [-0.15, -0.1) is 0 Å². The Morgan fingerprint density at radius 1 is 1.42 bits per heavy atom. The van der Waals surface area contributed by atoms with E-state index in [-0.39, 0.29) is 4.32 Å². The number of methoxy groups -OCH3 is 1. The number of carboxylic acid groups (broad SMARTS) is 1. The first-order valence-corrected chi connectivity index (χ1v) is 9.42. The predicted octanol–water partition coefficient (Wildman–Crippen LogP) is 3.55. The van der Waals surface area contributed by atoms with Crippen LogP contribution in [0.2, 0.25) is 0 Å². The van der Waals surface area contributed by atoms with Gasteiger partial charge in [0.2, 0.25) is 0 Å². The number of nitrogens with zero attached hydrogens (tertiary/aromatic N) is 1. The van der Waals surface area contributed by atoms with Gasteiger partial charge in [-0.1, -0.05) is 43.4 Å². The molecule has 2 rings (SSSR count). The minimum Gasteiger partial charge on any atom is -0.493 e. The number of ether oxygens (including phenoxy) is 2. The molecule has 0 aliphatic carbocycles. The maximum atomic E-state index is 12.5. The Hall–Kier alpha value is -2.06. The van der Waals surface area contributed by atoms with E-state index in [0.29, 0.717) is 23.0 Å². The van der Waals surface area contributed by atoms with Gasteiger partial charge in [-0.2, -0.15) is 0 Å². The number of benzene rings is 1. The molecule has 1 fully saturated rings. The number of thiocarbonyl (C=S) groups is 1. The number of unbranched alkanes of at least 4 members (excludes halogenated alkanes) is 1. The summed E-state index contributed by atoms with van der Waals surface area (Å²) in [4.78, 5) is 25.1. The smallest absolute Gasteiger partial charge is 0.326 e. The molecule has 140 valence electrons. The zero-order valence-electron chi connectivity index (χ0n) is 14.9. The maximum Gasteiger partial charge on any atom is 0.326 e.